The number of aromatic amines is 1. The van der Waals surface area contributed by atoms with Crippen molar-refractivity contribution in [3.8, 4) is 0 Å². The number of rotatable bonds is 5. The van der Waals surface area contributed by atoms with Crippen LogP contribution in [0.4, 0.5) is 0 Å². The fraction of sp³-hybridized carbons (Fsp3) is 0.333. The highest BCUT2D eigenvalue weighted by Gasteiger charge is 2.32. The second kappa shape index (κ2) is 8.07. The summed E-state index contributed by atoms with van der Waals surface area (Å²) in [7, 11) is 0. The highest BCUT2D eigenvalue weighted by Crippen LogP contribution is 2.30. The van der Waals surface area contributed by atoms with Crippen molar-refractivity contribution in [3.63, 3.8) is 0 Å². The van der Waals surface area contributed by atoms with Crippen LogP contribution in [0.5, 0.6) is 0 Å². The molecule has 0 amide bonds. The lowest BCUT2D eigenvalue weighted by molar-refractivity contribution is 0.263. The summed E-state index contributed by atoms with van der Waals surface area (Å²) in [5.74, 6) is 0.708. The molecule has 1 fully saturated rings. The van der Waals surface area contributed by atoms with Crippen LogP contribution in [0.3, 0.4) is 0 Å². The van der Waals surface area contributed by atoms with E-state index in [1.54, 1.807) is 0 Å². The third kappa shape index (κ3) is 3.77. The maximum atomic E-state index is 13.3. The molecule has 1 saturated heterocycles. The third-order valence-electron chi connectivity index (χ3n) is 6.10. The van der Waals surface area contributed by atoms with E-state index in [9.17, 15) is 4.79 Å². The molecule has 0 saturated carbocycles. The van der Waals surface area contributed by atoms with Gasteiger partial charge in [-0.2, -0.15) is 0 Å². The zero-order valence-corrected chi connectivity index (χ0v) is 17.9. The van der Waals surface area contributed by atoms with Gasteiger partial charge in [-0.25, -0.2) is 4.68 Å². The molecular weight excluding hydrogens is 388 g/mol. The standard InChI is InChI=1S/C24H26N6O/c1-16-12-17(2)21-19(13-16)14-20(24(31)25-21)22(29-10-6-7-11-29)23-26-27-28-30(23)15-18-8-4-3-5-9-18/h3-5,8-9,12-14,22H,6-7,10-11,15H2,1-2H3,(H,25,31)/t22-/m0/s1. The van der Waals surface area contributed by atoms with Crippen molar-refractivity contribution in [1.82, 2.24) is 30.1 Å². The van der Waals surface area contributed by atoms with E-state index in [1.807, 2.05) is 35.9 Å². The molecule has 7 nitrogen and oxygen atoms in total. The molecule has 31 heavy (non-hydrogen) atoms. The summed E-state index contributed by atoms with van der Waals surface area (Å²) >= 11 is 0. The molecule has 4 aromatic rings. The molecule has 0 radical (unpaired) electrons. The zero-order chi connectivity index (χ0) is 21.4. The van der Waals surface area contributed by atoms with E-state index in [0.717, 1.165) is 48.0 Å². The molecule has 1 aliphatic rings. The summed E-state index contributed by atoms with van der Waals surface area (Å²) in [4.78, 5) is 18.7. The highest BCUT2D eigenvalue weighted by molar-refractivity contribution is 5.83. The number of hydrogen-bond acceptors (Lipinski definition) is 5. The largest absolute Gasteiger partial charge is 0.321 e. The number of pyridine rings is 1. The molecule has 7 heteroatoms. The predicted molar refractivity (Wildman–Crippen MR) is 120 cm³/mol. The molecule has 0 unspecified atom stereocenters. The van der Waals surface area contributed by atoms with Gasteiger partial charge in [0.05, 0.1) is 12.1 Å². The van der Waals surface area contributed by atoms with Crippen LogP contribution < -0.4 is 5.56 Å². The average Bonchev–Trinajstić information content (AvgIpc) is 3.43. The van der Waals surface area contributed by atoms with Crippen LogP contribution in [0.1, 0.15) is 47.0 Å². The smallest absolute Gasteiger partial charge is 0.253 e. The van der Waals surface area contributed by atoms with E-state index in [1.165, 1.54) is 5.56 Å². The normalized spacial score (nSPS) is 15.5. The quantitative estimate of drug-likeness (QED) is 0.542. The van der Waals surface area contributed by atoms with Gasteiger partial charge < -0.3 is 4.98 Å². The lowest BCUT2D eigenvalue weighted by Crippen LogP contribution is -2.33. The molecule has 5 rings (SSSR count). The van der Waals surface area contributed by atoms with Crippen LogP contribution in [0.25, 0.3) is 10.9 Å². The van der Waals surface area contributed by atoms with Gasteiger partial charge in [0.1, 0.15) is 6.04 Å². The number of H-pyrrole nitrogens is 1. The molecule has 0 bridgehead atoms. The van der Waals surface area contributed by atoms with Gasteiger partial charge in [0.25, 0.3) is 5.56 Å². The Hall–Kier alpha value is -3.32. The molecule has 3 heterocycles. The van der Waals surface area contributed by atoms with Crippen molar-refractivity contribution in [3.05, 3.63) is 87.0 Å². The van der Waals surface area contributed by atoms with Crippen molar-refractivity contribution in [2.45, 2.75) is 39.3 Å². The van der Waals surface area contributed by atoms with Gasteiger partial charge in [-0.3, -0.25) is 9.69 Å². The Morgan fingerprint density at radius 2 is 1.84 bits per heavy atom. The number of aromatic nitrogens is 5. The highest BCUT2D eigenvalue weighted by atomic mass is 16.1. The van der Waals surface area contributed by atoms with Gasteiger partial charge in [0.2, 0.25) is 0 Å². The number of tetrazole rings is 1. The number of hydrogen-bond donors (Lipinski definition) is 1. The van der Waals surface area contributed by atoms with E-state index in [-0.39, 0.29) is 11.6 Å². The fourth-order valence-electron chi connectivity index (χ4n) is 4.68. The van der Waals surface area contributed by atoms with Crippen molar-refractivity contribution >= 4 is 10.9 Å². The van der Waals surface area contributed by atoms with Crippen LogP contribution >= 0.6 is 0 Å². The summed E-state index contributed by atoms with van der Waals surface area (Å²) in [6, 6.07) is 16.1. The molecule has 158 valence electrons. The van der Waals surface area contributed by atoms with Crippen LogP contribution in [0, 0.1) is 13.8 Å². The van der Waals surface area contributed by atoms with Gasteiger partial charge in [0, 0.05) is 5.56 Å². The van der Waals surface area contributed by atoms with Crippen LogP contribution in [0.15, 0.2) is 53.3 Å². The maximum Gasteiger partial charge on any atom is 0.253 e. The number of nitrogens with zero attached hydrogens (tertiary/aromatic N) is 5. The van der Waals surface area contributed by atoms with Gasteiger partial charge >= 0.3 is 0 Å². The first kappa shape index (κ1) is 19.6. The topological polar surface area (TPSA) is 79.7 Å². The summed E-state index contributed by atoms with van der Waals surface area (Å²) < 4.78 is 1.82. The summed E-state index contributed by atoms with van der Waals surface area (Å²) in [6.45, 7) is 6.52. The van der Waals surface area contributed by atoms with E-state index < -0.39 is 0 Å². The van der Waals surface area contributed by atoms with E-state index >= 15 is 0 Å². The number of nitrogens with one attached hydrogen (secondary N) is 1. The van der Waals surface area contributed by atoms with E-state index in [2.05, 4.69) is 56.6 Å². The Bertz CT molecular complexity index is 1270. The van der Waals surface area contributed by atoms with E-state index in [4.69, 9.17) is 0 Å². The summed E-state index contributed by atoms with van der Waals surface area (Å²) in [5, 5.41) is 13.7. The van der Waals surface area contributed by atoms with Crippen molar-refractivity contribution in [1.29, 1.82) is 0 Å². The second-order valence-electron chi connectivity index (χ2n) is 8.43. The maximum absolute atomic E-state index is 13.3. The SMILES string of the molecule is Cc1cc(C)c2[nH]c(=O)c([C@@H](c3nnnn3Cc3ccccc3)N3CCCC3)cc2c1. The summed E-state index contributed by atoms with van der Waals surface area (Å²) in [6.07, 6.45) is 2.22. The van der Waals surface area contributed by atoms with Crippen LogP contribution in [-0.2, 0) is 6.54 Å². The van der Waals surface area contributed by atoms with E-state index in [0.29, 0.717) is 17.9 Å². The Kier molecular flexibility index (Phi) is 5.11. The first-order valence-electron chi connectivity index (χ1n) is 10.8. The molecule has 2 aromatic heterocycles. The van der Waals surface area contributed by atoms with Crippen molar-refractivity contribution in [2.24, 2.45) is 0 Å². The molecule has 0 aliphatic carbocycles. The monoisotopic (exact) mass is 414 g/mol. The Balaban J connectivity index is 1.64. The Labute approximate surface area is 180 Å². The summed E-state index contributed by atoms with van der Waals surface area (Å²) in [5.41, 5.74) is 4.88. The van der Waals surface area contributed by atoms with Crippen LogP contribution in [0.2, 0.25) is 0 Å². The minimum absolute atomic E-state index is 0.0781. The first-order valence-corrected chi connectivity index (χ1v) is 10.8. The lowest BCUT2D eigenvalue weighted by Gasteiger charge is -2.26. The van der Waals surface area contributed by atoms with Crippen LogP contribution in [-0.4, -0.2) is 43.2 Å². The van der Waals surface area contributed by atoms with Gasteiger partial charge in [-0.15, -0.1) is 5.10 Å². The Morgan fingerprint density at radius 1 is 1.06 bits per heavy atom. The van der Waals surface area contributed by atoms with Crippen molar-refractivity contribution < 1.29 is 0 Å². The average molecular weight is 415 g/mol. The Morgan fingerprint density at radius 3 is 2.61 bits per heavy atom. The number of benzene rings is 2. The van der Waals surface area contributed by atoms with Gasteiger partial charge in [0.15, 0.2) is 5.82 Å². The molecule has 2 aromatic carbocycles. The predicted octanol–water partition coefficient (Wildman–Crippen LogP) is 3.36. The molecule has 1 aliphatic heterocycles. The first-order chi connectivity index (χ1) is 15.1. The minimum atomic E-state index is -0.282. The fourth-order valence-corrected chi connectivity index (χ4v) is 4.68. The molecule has 1 N–H and O–H groups in total. The van der Waals surface area contributed by atoms with Crippen molar-refractivity contribution in [2.75, 3.05) is 13.1 Å². The number of aryl methyl sites for hydroxylation is 2. The molecular formula is C24H26N6O. The third-order valence-corrected chi connectivity index (χ3v) is 6.10. The minimum Gasteiger partial charge on any atom is -0.321 e. The number of fused-ring (bicyclic) bond motifs is 1. The zero-order valence-electron chi connectivity index (χ0n) is 17.9. The number of likely N-dealkylation sites (tertiary alicyclic amines) is 1. The van der Waals surface area contributed by atoms with Gasteiger partial charge in [-0.05, 0) is 78.9 Å². The second-order valence-corrected chi connectivity index (χ2v) is 8.43. The molecule has 0 spiro atoms. The lowest BCUT2D eigenvalue weighted by atomic mass is 10.0. The van der Waals surface area contributed by atoms with Gasteiger partial charge in [-0.1, -0.05) is 42.0 Å². The molecule has 1 atom stereocenters.